The van der Waals surface area contributed by atoms with Gasteiger partial charge in [-0.2, -0.15) is 5.10 Å². The fraction of sp³-hybridized carbons (Fsp3) is 0.200. The monoisotopic (exact) mass is 400 g/mol. The molecular formula is C20H21ClN4O3. The molecule has 0 bridgehead atoms. The number of amides is 3. The Bertz CT molecular complexity index is 924. The first-order chi connectivity index (χ1) is 13.3. The van der Waals surface area contributed by atoms with E-state index in [1.165, 1.54) is 6.92 Å². The summed E-state index contributed by atoms with van der Waals surface area (Å²) in [6.45, 7) is 4.86. The highest BCUT2D eigenvalue weighted by Gasteiger charge is 2.09. The van der Waals surface area contributed by atoms with Crippen LogP contribution in [0.15, 0.2) is 47.6 Å². The summed E-state index contributed by atoms with van der Waals surface area (Å²) in [6, 6.07) is 11.6. The average molecular weight is 401 g/mol. The van der Waals surface area contributed by atoms with Crippen LogP contribution < -0.4 is 16.1 Å². The van der Waals surface area contributed by atoms with Crippen molar-refractivity contribution in [2.24, 2.45) is 5.10 Å². The Hall–Kier alpha value is -3.19. The van der Waals surface area contributed by atoms with E-state index in [1.54, 1.807) is 49.4 Å². The second-order valence-electron chi connectivity index (χ2n) is 6.18. The van der Waals surface area contributed by atoms with Crippen LogP contribution in [-0.4, -0.2) is 23.4 Å². The Kier molecular flexibility index (Phi) is 7.28. The molecule has 0 atom stereocenters. The van der Waals surface area contributed by atoms with E-state index in [4.69, 9.17) is 11.6 Å². The maximum atomic E-state index is 12.1. The van der Waals surface area contributed by atoms with Crippen LogP contribution in [0.25, 0.3) is 0 Å². The molecule has 0 aliphatic rings. The predicted octanol–water partition coefficient (Wildman–Crippen LogP) is 3.74. The van der Waals surface area contributed by atoms with Gasteiger partial charge in [0.2, 0.25) is 11.8 Å². The molecule has 0 fully saturated rings. The van der Waals surface area contributed by atoms with Gasteiger partial charge in [0.1, 0.15) is 0 Å². The molecule has 0 heterocycles. The maximum Gasteiger partial charge on any atom is 0.271 e. The SMILES string of the molecule is CC(=O)Nc1ccc(C(=O)NN=C(C)CC(=O)Nc2cccc(Cl)c2C)cc1. The summed E-state index contributed by atoms with van der Waals surface area (Å²) in [6.07, 6.45) is 0.0215. The number of carbonyl (C=O) groups excluding carboxylic acids is 3. The third-order valence-electron chi connectivity index (χ3n) is 3.77. The highest BCUT2D eigenvalue weighted by Crippen LogP contribution is 2.23. The molecule has 2 aromatic rings. The number of benzene rings is 2. The number of rotatable bonds is 6. The third kappa shape index (κ3) is 6.21. The number of anilines is 2. The van der Waals surface area contributed by atoms with Crippen LogP contribution in [0.3, 0.4) is 0 Å². The molecule has 0 saturated carbocycles. The van der Waals surface area contributed by atoms with E-state index in [0.717, 1.165) is 5.56 Å². The molecule has 0 aliphatic heterocycles. The fourth-order valence-corrected chi connectivity index (χ4v) is 2.50. The van der Waals surface area contributed by atoms with E-state index in [-0.39, 0.29) is 18.2 Å². The minimum Gasteiger partial charge on any atom is -0.326 e. The number of hydrogen-bond acceptors (Lipinski definition) is 4. The van der Waals surface area contributed by atoms with Crippen LogP contribution in [0, 0.1) is 6.92 Å². The van der Waals surface area contributed by atoms with Gasteiger partial charge in [-0.15, -0.1) is 0 Å². The van der Waals surface area contributed by atoms with Crippen LogP contribution in [0.5, 0.6) is 0 Å². The number of nitrogens with zero attached hydrogens (tertiary/aromatic N) is 1. The summed E-state index contributed by atoms with van der Waals surface area (Å²) in [5.41, 5.74) is 5.24. The Balaban J connectivity index is 1.90. The number of hydrogen-bond donors (Lipinski definition) is 3. The van der Waals surface area contributed by atoms with Crippen molar-refractivity contribution >= 4 is 46.4 Å². The maximum absolute atomic E-state index is 12.1. The first-order valence-corrected chi connectivity index (χ1v) is 8.90. The van der Waals surface area contributed by atoms with Gasteiger partial charge in [-0.25, -0.2) is 5.43 Å². The Morgan fingerprint density at radius 1 is 1.00 bits per heavy atom. The van der Waals surface area contributed by atoms with E-state index in [0.29, 0.717) is 27.7 Å². The molecule has 2 rings (SSSR count). The molecule has 7 nitrogen and oxygen atoms in total. The third-order valence-corrected chi connectivity index (χ3v) is 4.18. The largest absolute Gasteiger partial charge is 0.326 e. The van der Waals surface area contributed by atoms with Crippen LogP contribution in [0.4, 0.5) is 11.4 Å². The summed E-state index contributed by atoms with van der Waals surface area (Å²) >= 11 is 6.04. The molecule has 0 spiro atoms. The van der Waals surface area contributed by atoms with Crippen LogP contribution in [0.2, 0.25) is 5.02 Å². The molecule has 0 aliphatic carbocycles. The van der Waals surface area contributed by atoms with E-state index in [1.807, 2.05) is 6.92 Å². The lowest BCUT2D eigenvalue weighted by Gasteiger charge is -2.09. The van der Waals surface area contributed by atoms with Crippen molar-refractivity contribution in [1.29, 1.82) is 0 Å². The number of hydrazone groups is 1. The van der Waals surface area contributed by atoms with Gasteiger partial charge in [-0.3, -0.25) is 14.4 Å². The van der Waals surface area contributed by atoms with E-state index in [2.05, 4.69) is 21.2 Å². The first-order valence-electron chi connectivity index (χ1n) is 8.52. The molecule has 0 radical (unpaired) electrons. The van der Waals surface area contributed by atoms with Crippen molar-refractivity contribution in [3.05, 3.63) is 58.6 Å². The van der Waals surface area contributed by atoms with Gasteiger partial charge in [-0.05, 0) is 55.8 Å². The number of halogens is 1. The van der Waals surface area contributed by atoms with Gasteiger partial charge in [0.15, 0.2) is 0 Å². The lowest BCUT2D eigenvalue weighted by Crippen LogP contribution is -2.21. The molecule has 3 amide bonds. The molecule has 2 aromatic carbocycles. The Labute approximate surface area is 168 Å². The molecule has 0 aromatic heterocycles. The summed E-state index contributed by atoms with van der Waals surface area (Å²) < 4.78 is 0. The van der Waals surface area contributed by atoms with Crippen LogP contribution >= 0.6 is 11.6 Å². The van der Waals surface area contributed by atoms with Gasteiger partial charge >= 0.3 is 0 Å². The molecule has 8 heteroatoms. The van der Waals surface area contributed by atoms with Gasteiger partial charge in [0, 0.05) is 34.6 Å². The molecule has 28 heavy (non-hydrogen) atoms. The van der Waals surface area contributed by atoms with E-state index < -0.39 is 5.91 Å². The van der Waals surface area contributed by atoms with Gasteiger partial charge in [-0.1, -0.05) is 17.7 Å². The molecular weight excluding hydrogens is 380 g/mol. The van der Waals surface area contributed by atoms with Crippen molar-refractivity contribution in [3.63, 3.8) is 0 Å². The summed E-state index contributed by atoms with van der Waals surface area (Å²) in [5, 5.41) is 9.91. The van der Waals surface area contributed by atoms with Crippen molar-refractivity contribution in [2.45, 2.75) is 27.2 Å². The molecule has 146 valence electrons. The molecule has 3 N–H and O–H groups in total. The lowest BCUT2D eigenvalue weighted by atomic mass is 10.2. The normalized spacial score (nSPS) is 10.9. The minimum atomic E-state index is -0.417. The smallest absolute Gasteiger partial charge is 0.271 e. The topological polar surface area (TPSA) is 99.7 Å². The lowest BCUT2D eigenvalue weighted by molar-refractivity contribution is -0.115. The van der Waals surface area contributed by atoms with Crippen molar-refractivity contribution < 1.29 is 14.4 Å². The fourth-order valence-electron chi connectivity index (χ4n) is 2.33. The molecule has 0 unspecified atom stereocenters. The first kappa shape index (κ1) is 21.1. The van der Waals surface area contributed by atoms with Gasteiger partial charge in [0.05, 0.1) is 6.42 Å². The predicted molar refractivity (Wildman–Crippen MR) is 111 cm³/mol. The second kappa shape index (κ2) is 9.66. The van der Waals surface area contributed by atoms with E-state index in [9.17, 15) is 14.4 Å². The average Bonchev–Trinajstić information content (AvgIpc) is 2.63. The zero-order chi connectivity index (χ0) is 20.7. The Morgan fingerprint density at radius 3 is 2.32 bits per heavy atom. The zero-order valence-electron chi connectivity index (χ0n) is 15.8. The van der Waals surface area contributed by atoms with Gasteiger partial charge in [0.25, 0.3) is 5.91 Å². The zero-order valence-corrected chi connectivity index (χ0v) is 16.6. The van der Waals surface area contributed by atoms with Crippen molar-refractivity contribution in [3.8, 4) is 0 Å². The highest BCUT2D eigenvalue weighted by atomic mass is 35.5. The number of nitrogens with one attached hydrogen (secondary N) is 3. The summed E-state index contributed by atoms with van der Waals surface area (Å²) in [7, 11) is 0. The standard InChI is InChI=1S/C20H21ClN4O3/c1-12(11-19(27)23-18-6-4-5-17(21)13(18)2)24-25-20(28)15-7-9-16(10-8-15)22-14(3)26/h4-10H,11H2,1-3H3,(H,22,26)(H,23,27)(H,25,28). The van der Waals surface area contributed by atoms with E-state index >= 15 is 0 Å². The van der Waals surface area contributed by atoms with Crippen molar-refractivity contribution in [1.82, 2.24) is 5.43 Å². The number of carbonyl (C=O) groups is 3. The van der Waals surface area contributed by atoms with Crippen LogP contribution in [-0.2, 0) is 9.59 Å². The Morgan fingerprint density at radius 2 is 1.68 bits per heavy atom. The highest BCUT2D eigenvalue weighted by molar-refractivity contribution is 6.31. The molecule has 0 saturated heterocycles. The second-order valence-corrected chi connectivity index (χ2v) is 6.59. The van der Waals surface area contributed by atoms with Crippen molar-refractivity contribution in [2.75, 3.05) is 10.6 Å². The van der Waals surface area contributed by atoms with Crippen LogP contribution in [0.1, 0.15) is 36.2 Å². The quantitative estimate of drug-likeness (QED) is 0.508. The summed E-state index contributed by atoms with van der Waals surface area (Å²) in [5.74, 6) is -0.871. The van der Waals surface area contributed by atoms with Gasteiger partial charge < -0.3 is 10.6 Å². The minimum absolute atomic E-state index is 0.0215. The summed E-state index contributed by atoms with van der Waals surface area (Å²) in [4.78, 5) is 35.3.